The lowest BCUT2D eigenvalue weighted by Gasteiger charge is -2.40. The molecule has 1 aromatic carbocycles. The number of benzene rings is 1. The van der Waals surface area contributed by atoms with Gasteiger partial charge in [-0.25, -0.2) is 0 Å². The van der Waals surface area contributed by atoms with Gasteiger partial charge < -0.3 is 9.80 Å². The minimum absolute atomic E-state index is 0.165. The third kappa shape index (κ3) is 2.64. The van der Waals surface area contributed by atoms with Crippen molar-refractivity contribution in [2.24, 2.45) is 7.05 Å². The van der Waals surface area contributed by atoms with E-state index in [1.807, 2.05) is 23.9 Å². The van der Waals surface area contributed by atoms with Gasteiger partial charge in [0.15, 0.2) is 0 Å². The monoisotopic (exact) mass is 324 g/mol. The van der Waals surface area contributed by atoms with E-state index in [1.54, 1.807) is 19.3 Å². The molecule has 2 heterocycles. The van der Waals surface area contributed by atoms with E-state index in [4.69, 9.17) is 0 Å². The molecule has 7 heteroatoms. The molecule has 1 aromatic heterocycles. The van der Waals surface area contributed by atoms with E-state index < -0.39 is 11.7 Å². The van der Waals surface area contributed by atoms with Gasteiger partial charge in [-0.05, 0) is 24.6 Å². The van der Waals surface area contributed by atoms with Crippen LogP contribution in [0.25, 0.3) is 11.1 Å². The van der Waals surface area contributed by atoms with Crippen LogP contribution < -0.4 is 9.80 Å². The van der Waals surface area contributed by atoms with E-state index in [-0.39, 0.29) is 11.6 Å². The highest BCUT2D eigenvalue weighted by Gasteiger charge is 2.37. The van der Waals surface area contributed by atoms with E-state index in [2.05, 4.69) is 12.0 Å². The van der Waals surface area contributed by atoms with Crippen molar-refractivity contribution in [1.82, 2.24) is 9.78 Å². The molecule has 1 atom stereocenters. The van der Waals surface area contributed by atoms with Gasteiger partial charge in [-0.2, -0.15) is 18.3 Å². The van der Waals surface area contributed by atoms with Crippen molar-refractivity contribution in [3.8, 4) is 11.1 Å². The molecule has 0 radical (unpaired) electrons. The summed E-state index contributed by atoms with van der Waals surface area (Å²) in [6, 6.07) is 3.10. The lowest BCUT2D eigenvalue weighted by atomic mass is 9.97. The van der Waals surface area contributed by atoms with Crippen molar-refractivity contribution < 1.29 is 13.2 Å². The second-order valence-electron chi connectivity index (χ2n) is 6.13. The Balaban J connectivity index is 2.26. The molecule has 0 amide bonds. The highest BCUT2D eigenvalue weighted by Crippen LogP contribution is 2.44. The second kappa shape index (κ2) is 5.18. The van der Waals surface area contributed by atoms with E-state index in [9.17, 15) is 13.2 Å². The summed E-state index contributed by atoms with van der Waals surface area (Å²) in [4.78, 5) is 3.90. The number of hydrogen-bond acceptors (Lipinski definition) is 3. The van der Waals surface area contributed by atoms with Gasteiger partial charge in [0.2, 0.25) is 0 Å². The van der Waals surface area contributed by atoms with Crippen molar-refractivity contribution in [3.05, 3.63) is 30.1 Å². The average molecular weight is 324 g/mol. The van der Waals surface area contributed by atoms with Crippen LogP contribution in [-0.4, -0.2) is 36.5 Å². The Morgan fingerprint density at radius 1 is 1.13 bits per heavy atom. The van der Waals surface area contributed by atoms with E-state index in [0.717, 1.165) is 5.69 Å². The van der Waals surface area contributed by atoms with Crippen LogP contribution in [0.1, 0.15) is 12.5 Å². The van der Waals surface area contributed by atoms with Crippen molar-refractivity contribution in [3.63, 3.8) is 0 Å². The number of likely N-dealkylation sites (N-methyl/N-ethyl adjacent to an activating group) is 2. The van der Waals surface area contributed by atoms with Crippen molar-refractivity contribution in [2.75, 3.05) is 30.4 Å². The molecule has 0 spiro atoms. The van der Waals surface area contributed by atoms with Crippen molar-refractivity contribution >= 4 is 11.4 Å². The van der Waals surface area contributed by atoms with Gasteiger partial charge >= 0.3 is 6.18 Å². The van der Waals surface area contributed by atoms with Crippen LogP contribution in [0, 0.1) is 0 Å². The molecule has 23 heavy (non-hydrogen) atoms. The Kier molecular flexibility index (Phi) is 3.54. The highest BCUT2D eigenvalue weighted by molar-refractivity contribution is 5.82. The fourth-order valence-corrected chi connectivity index (χ4v) is 3.05. The first-order chi connectivity index (χ1) is 10.7. The van der Waals surface area contributed by atoms with E-state index >= 15 is 0 Å². The summed E-state index contributed by atoms with van der Waals surface area (Å²) in [5.74, 6) is 0. The zero-order chi connectivity index (χ0) is 16.9. The normalized spacial score (nSPS) is 18.3. The Labute approximate surface area is 133 Å². The van der Waals surface area contributed by atoms with Crippen LogP contribution in [0.5, 0.6) is 0 Å². The van der Waals surface area contributed by atoms with Crippen LogP contribution in [0.4, 0.5) is 24.5 Å². The molecule has 0 fully saturated rings. The summed E-state index contributed by atoms with van der Waals surface area (Å²) in [6.45, 7) is 2.74. The lowest BCUT2D eigenvalue weighted by Crippen LogP contribution is -2.44. The smallest absolute Gasteiger partial charge is 0.371 e. The number of rotatable bonds is 1. The number of nitrogens with zero attached hydrogens (tertiary/aromatic N) is 4. The standard InChI is InChI=1S/C16H19F3N4/c1-10-8-21(2)14-6-13(16(17,18)19)12(5-15(14)23(10)4)11-7-20-22(3)9-11/h5-7,9-10H,8H2,1-4H3. The van der Waals surface area contributed by atoms with Crippen LogP contribution >= 0.6 is 0 Å². The molecule has 2 aromatic rings. The molecule has 4 nitrogen and oxygen atoms in total. The van der Waals surface area contributed by atoms with Crippen LogP contribution in [0.3, 0.4) is 0 Å². The van der Waals surface area contributed by atoms with E-state index in [0.29, 0.717) is 17.8 Å². The molecule has 0 saturated heterocycles. The largest absolute Gasteiger partial charge is 0.417 e. The van der Waals surface area contributed by atoms with Gasteiger partial charge in [-0.1, -0.05) is 0 Å². The molecule has 0 bridgehead atoms. The summed E-state index contributed by atoms with van der Waals surface area (Å²) in [5, 5.41) is 4.00. The van der Waals surface area contributed by atoms with Gasteiger partial charge in [-0.3, -0.25) is 4.68 Å². The van der Waals surface area contributed by atoms with Crippen LogP contribution in [0.15, 0.2) is 24.5 Å². The first-order valence-electron chi connectivity index (χ1n) is 7.36. The topological polar surface area (TPSA) is 24.3 Å². The maximum absolute atomic E-state index is 13.6. The van der Waals surface area contributed by atoms with Crippen LogP contribution in [-0.2, 0) is 13.2 Å². The zero-order valence-electron chi connectivity index (χ0n) is 13.5. The van der Waals surface area contributed by atoms with Crippen molar-refractivity contribution in [1.29, 1.82) is 0 Å². The predicted octanol–water partition coefficient (Wildman–Crippen LogP) is 3.38. The van der Waals surface area contributed by atoms with Gasteiger partial charge in [0, 0.05) is 45.5 Å². The summed E-state index contributed by atoms with van der Waals surface area (Å²) in [5.41, 5.74) is 1.42. The molecule has 1 unspecified atom stereocenters. The SMILES string of the molecule is CC1CN(C)c2cc(C(F)(F)F)c(-c3cnn(C)c3)cc2N1C. The number of hydrogen-bond donors (Lipinski definition) is 0. The number of alkyl halides is 3. The fraction of sp³-hybridized carbons (Fsp3) is 0.438. The first-order valence-corrected chi connectivity index (χ1v) is 7.36. The Bertz CT molecular complexity index is 735. The maximum Gasteiger partial charge on any atom is 0.417 e. The molecule has 124 valence electrons. The summed E-state index contributed by atoms with van der Waals surface area (Å²) in [7, 11) is 5.43. The van der Waals surface area contributed by atoms with Gasteiger partial charge in [0.05, 0.1) is 23.1 Å². The number of aryl methyl sites for hydroxylation is 1. The zero-order valence-corrected chi connectivity index (χ0v) is 13.5. The maximum atomic E-state index is 13.6. The van der Waals surface area contributed by atoms with E-state index in [1.165, 1.54) is 16.9 Å². The Morgan fingerprint density at radius 2 is 1.83 bits per heavy atom. The second-order valence-corrected chi connectivity index (χ2v) is 6.13. The molecule has 0 N–H and O–H groups in total. The first kappa shape index (κ1) is 15.7. The summed E-state index contributed by atoms with van der Waals surface area (Å²) < 4.78 is 42.2. The average Bonchev–Trinajstić information content (AvgIpc) is 2.89. The van der Waals surface area contributed by atoms with Gasteiger partial charge in [0.1, 0.15) is 0 Å². The fourth-order valence-electron chi connectivity index (χ4n) is 3.05. The molecule has 3 rings (SSSR count). The minimum Gasteiger partial charge on any atom is -0.371 e. The third-order valence-electron chi connectivity index (χ3n) is 4.43. The molecule has 1 aliphatic heterocycles. The van der Waals surface area contributed by atoms with Gasteiger partial charge in [-0.15, -0.1) is 0 Å². The molecular formula is C16H19F3N4. The molecule has 0 saturated carbocycles. The third-order valence-corrected chi connectivity index (χ3v) is 4.43. The minimum atomic E-state index is -4.41. The van der Waals surface area contributed by atoms with Crippen LogP contribution in [0.2, 0.25) is 0 Å². The quantitative estimate of drug-likeness (QED) is 0.804. The number of fused-ring (bicyclic) bond motifs is 1. The molecule has 1 aliphatic rings. The number of aromatic nitrogens is 2. The van der Waals surface area contributed by atoms with Gasteiger partial charge in [0.25, 0.3) is 0 Å². The van der Waals surface area contributed by atoms with Crippen molar-refractivity contribution in [2.45, 2.75) is 19.1 Å². The summed E-state index contributed by atoms with van der Waals surface area (Å²) in [6.07, 6.45) is -1.34. The molecular weight excluding hydrogens is 305 g/mol. The number of anilines is 2. The Hall–Kier alpha value is -2.18. The lowest BCUT2D eigenvalue weighted by molar-refractivity contribution is -0.137. The predicted molar refractivity (Wildman–Crippen MR) is 84.8 cm³/mol. The highest BCUT2D eigenvalue weighted by atomic mass is 19.4. The number of halogens is 3. The Morgan fingerprint density at radius 3 is 2.39 bits per heavy atom. The molecule has 0 aliphatic carbocycles. The summed E-state index contributed by atoms with van der Waals surface area (Å²) >= 11 is 0.